The van der Waals surface area contributed by atoms with Crippen molar-refractivity contribution in [3.8, 4) is 0 Å². The first-order chi connectivity index (χ1) is 14.1. The van der Waals surface area contributed by atoms with E-state index >= 15 is 0 Å². The highest BCUT2D eigenvalue weighted by Crippen LogP contribution is 2.61. The lowest BCUT2D eigenvalue weighted by molar-refractivity contribution is -0.231. The molecule has 4 aliphatic rings. The number of ether oxygens (including phenoxy) is 2. The van der Waals surface area contributed by atoms with Crippen LogP contribution < -0.4 is 0 Å². The first-order valence-electron chi connectivity index (χ1n) is 11.5. The average molecular weight is 433 g/mol. The van der Waals surface area contributed by atoms with E-state index in [1.54, 1.807) is 0 Å². The van der Waals surface area contributed by atoms with Crippen LogP contribution in [-0.4, -0.2) is 30.3 Å². The van der Waals surface area contributed by atoms with Gasteiger partial charge in [0.15, 0.2) is 5.41 Å². The number of hydrogen-bond acceptors (Lipinski definition) is 4. The molecule has 172 valence electrons. The van der Waals surface area contributed by atoms with Gasteiger partial charge in [0.25, 0.3) is 0 Å². The fraction of sp³-hybridized carbons (Fsp3) is 0.913. The lowest BCUT2D eigenvalue weighted by Crippen LogP contribution is -2.59. The minimum atomic E-state index is -4.69. The molecule has 4 rings (SSSR count). The normalized spacial score (nSPS) is 34.5. The minimum absolute atomic E-state index is 0.205. The third-order valence-corrected chi connectivity index (χ3v) is 8.07. The highest BCUT2D eigenvalue weighted by atomic mass is 19.4. The predicted octanol–water partition coefficient (Wildman–Crippen LogP) is 5.83. The molecule has 0 aromatic heterocycles. The largest absolute Gasteiger partial charge is 0.464 e. The number of halogens is 3. The third-order valence-electron chi connectivity index (χ3n) is 8.07. The van der Waals surface area contributed by atoms with Crippen molar-refractivity contribution < 1.29 is 32.2 Å². The number of unbranched alkanes of at least 4 members (excludes halogenated alkanes) is 1. The topological polar surface area (TPSA) is 52.6 Å². The molecule has 4 aliphatic carbocycles. The molecule has 0 saturated heterocycles. The van der Waals surface area contributed by atoms with E-state index in [-0.39, 0.29) is 13.0 Å². The summed E-state index contributed by atoms with van der Waals surface area (Å²) in [6.07, 6.45) is 3.31. The number of alkyl halides is 3. The number of hydrogen-bond donors (Lipinski definition) is 0. The van der Waals surface area contributed by atoms with Gasteiger partial charge in [-0.05, 0) is 82.0 Å². The van der Waals surface area contributed by atoms with Crippen LogP contribution in [0.15, 0.2) is 0 Å². The van der Waals surface area contributed by atoms with Crippen LogP contribution in [0.5, 0.6) is 0 Å². The van der Waals surface area contributed by atoms with Crippen molar-refractivity contribution in [3.63, 3.8) is 0 Å². The quantitative estimate of drug-likeness (QED) is 0.431. The van der Waals surface area contributed by atoms with Gasteiger partial charge in [-0.2, -0.15) is 13.2 Å². The molecule has 0 N–H and O–H groups in total. The molecule has 7 heteroatoms. The summed E-state index contributed by atoms with van der Waals surface area (Å²) < 4.78 is 50.6. The van der Waals surface area contributed by atoms with Gasteiger partial charge in [0.2, 0.25) is 0 Å². The zero-order valence-electron chi connectivity index (χ0n) is 18.4. The Labute approximate surface area is 177 Å². The second kappa shape index (κ2) is 8.70. The fourth-order valence-corrected chi connectivity index (χ4v) is 6.17. The summed E-state index contributed by atoms with van der Waals surface area (Å²) in [5.74, 6) is 0.477. The molecule has 0 aliphatic heterocycles. The van der Waals surface area contributed by atoms with Crippen molar-refractivity contribution in [2.45, 2.75) is 96.8 Å². The highest BCUT2D eigenvalue weighted by Gasteiger charge is 2.59. The molecule has 4 bridgehead atoms. The SMILES string of the molecule is CCCCC1(OC(=O)CCOC(=O)C(C)(CC)C(F)(F)F)C2CC3CC(C2)CC1C3. The van der Waals surface area contributed by atoms with Gasteiger partial charge in [0, 0.05) is 0 Å². The summed E-state index contributed by atoms with van der Waals surface area (Å²) in [7, 11) is 0. The van der Waals surface area contributed by atoms with Crippen LogP contribution in [-0.2, 0) is 19.1 Å². The Kier molecular flexibility index (Phi) is 6.78. The van der Waals surface area contributed by atoms with Crippen LogP contribution >= 0.6 is 0 Å². The summed E-state index contributed by atoms with van der Waals surface area (Å²) in [6.45, 7) is 3.87. The van der Waals surface area contributed by atoms with Crippen molar-refractivity contribution in [1.82, 2.24) is 0 Å². The summed E-state index contributed by atoms with van der Waals surface area (Å²) in [6, 6.07) is 0. The first-order valence-corrected chi connectivity index (χ1v) is 11.5. The third kappa shape index (κ3) is 4.22. The molecule has 0 aromatic carbocycles. The molecule has 1 unspecified atom stereocenters. The van der Waals surface area contributed by atoms with E-state index in [1.165, 1.54) is 13.3 Å². The number of esters is 2. The van der Waals surface area contributed by atoms with E-state index in [1.807, 2.05) is 0 Å². The molecule has 0 spiro atoms. The Morgan fingerprint density at radius 2 is 1.57 bits per heavy atom. The van der Waals surface area contributed by atoms with Gasteiger partial charge in [-0.1, -0.05) is 20.3 Å². The van der Waals surface area contributed by atoms with Gasteiger partial charge < -0.3 is 9.47 Å². The number of carbonyl (C=O) groups excluding carboxylic acids is 2. The maximum atomic E-state index is 13.2. The molecule has 4 fully saturated rings. The van der Waals surface area contributed by atoms with Crippen molar-refractivity contribution in [2.75, 3.05) is 6.61 Å². The maximum absolute atomic E-state index is 13.2. The molecule has 0 heterocycles. The number of carbonyl (C=O) groups is 2. The molecule has 30 heavy (non-hydrogen) atoms. The molecule has 4 nitrogen and oxygen atoms in total. The Hall–Kier alpha value is -1.27. The lowest BCUT2D eigenvalue weighted by Gasteiger charge is -2.60. The number of rotatable bonds is 9. The Balaban J connectivity index is 1.59. The highest BCUT2D eigenvalue weighted by molar-refractivity contribution is 5.78. The maximum Gasteiger partial charge on any atom is 0.404 e. The van der Waals surface area contributed by atoms with Crippen molar-refractivity contribution >= 4 is 11.9 Å². The summed E-state index contributed by atoms with van der Waals surface area (Å²) in [5, 5.41) is 0. The van der Waals surface area contributed by atoms with E-state index in [0.29, 0.717) is 11.8 Å². The minimum Gasteiger partial charge on any atom is -0.464 e. The monoisotopic (exact) mass is 432 g/mol. The van der Waals surface area contributed by atoms with E-state index < -0.39 is 35.6 Å². The first kappa shape index (κ1) is 23.4. The van der Waals surface area contributed by atoms with Crippen LogP contribution in [0.25, 0.3) is 0 Å². The summed E-state index contributed by atoms with van der Waals surface area (Å²) in [4.78, 5) is 24.7. The second-order valence-electron chi connectivity index (χ2n) is 9.91. The molecular weight excluding hydrogens is 397 g/mol. The van der Waals surface area contributed by atoms with Crippen LogP contribution in [0.2, 0.25) is 0 Å². The molecule has 0 amide bonds. The van der Waals surface area contributed by atoms with Gasteiger partial charge >= 0.3 is 18.1 Å². The Morgan fingerprint density at radius 3 is 2.03 bits per heavy atom. The van der Waals surface area contributed by atoms with Gasteiger partial charge in [0.05, 0.1) is 6.42 Å². The summed E-state index contributed by atoms with van der Waals surface area (Å²) in [5.41, 5.74) is -2.99. The fourth-order valence-electron chi connectivity index (χ4n) is 6.17. The Bertz CT molecular complexity index is 617. The zero-order valence-corrected chi connectivity index (χ0v) is 18.4. The van der Waals surface area contributed by atoms with Gasteiger partial charge in [0.1, 0.15) is 12.2 Å². The van der Waals surface area contributed by atoms with Crippen LogP contribution in [0.4, 0.5) is 13.2 Å². The average Bonchev–Trinajstić information content (AvgIpc) is 2.67. The van der Waals surface area contributed by atoms with Crippen LogP contribution in [0.3, 0.4) is 0 Å². The zero-order chi connectivity index (χ0) is 22.2. The molecular formula is C23H35F3O4. The molecule has 4 saturated carbocycles. The van der Waals surface area contributed by atoms with E-state index in [9.17, 15) is 22.8 Å². The van der Waals surface area contributed by atoms with Crippen molar-refractivity contribution in [1.29, 1.82) is 0 Å². The van der Waals surface area contributed by atoms with Gasteiger partial charge in [-0.15, -0.1) is 0 Å². The smallest absolute Gasteiger partial charge is 0.404 e. The van der Waals surface area contributed by atoms with Crippen molar-refractivity contribution in [3.05, 3.63) is 0 Å². The second-order valence-corrected chi connectivity index (χ2v) is 9.91. The van der Waals surface area contributed by atoms with E-state index in [4.69, 9.17) is 9.47 Å². The Morgan fingerprint density at radius 1 is 1.00 bits per heavy atom. The van der Waals surface area contributed by atoms with E-state index in [0.717, 1.165) is 63.7 Å². The molecule has 1 atom stereocenters. The van der Waals surface area contributed by atoms with E-state index in [2.05, 4.69) is 6.92 Å². The summed E-state index contributed by atoms with van der Waals surface area (Å²) >= 11 is 0. The van der Waals surface area contributed by atoms with Crippen LogP contribution in [0.1, 0.15) is 85.0 Å². The molecule has 0 radical (unpaired) electrons. The lowest BCUT2D eigenvalue weighted by atomic mass is 9.49. The standard InChI is InChI=1S/C23H35F3O4/c1-4-6-8-22(17-11-15-10-16(13-17)14-18(22)12-15)30-19(27)7-9-29-20(28)21(3,5-2)23(24,25)26/h15-18H,4-14H2,1-3H3. The van der Waals surface area contributed by atoms with Crippen LogP contribution in [0, 0.1) is 29.1 Å². The predicted molar refractivity (Wildman–Crippen MR) is 105 cm³/mol. The van der Waals surface area contributed by atoms with Gasteiger partial charge in [-0.3, -0.25) is 9.59 Å². The molecule has 0 aromatic rings. The van der Waals surface area contributed by atoms with Crippen molar-refractivity contribution in [2.24, 2.45) is 29.1 Å². The van der Waals surface area contributed by atoms with Gasteiger partial charge in [-0.25, -0.2) is 0 Å².